The van der Waals surface area contributed by atoms with Crippen molar-refractivity contribution < 1.29 is 5.11 Å². The van der Waals surface area contributed by atoms with Crippen LogP contribution in [0.25, 0.3) is 0 Å². The summed E-state index contributed by atoms with van der Waals surface area (Å²) in [6.45, 7) is 12.0. The second-order valence-corrected chi connectivity index (χ2v) is 5.49. The Balaban J connectivity index is 0. The fourth-order valence-corrected chi connectivity index (χ4v) is 2.68. The normalized spacial score (nSPS) is 8.80. The van der Waals surface area contributed by atoms with Gasteiger partial charge in [-0.25, -0.2) is 9.97 Å². The van der Waals surface area contributed by atoms with Gasteiger partial charge in [-0.2, -0.15) is 0 Å². The lowest BCUT2D eigenvalue weighted by atomic mass is 10.2. The minimum Gasteiger partial charge on any atom is -0.392 e. The predicted molar refractivity (Wildman–Crippen MR) is 112 cm³/mol. The molecule has 0 bridgehead atoms. The highest BCUT2D eigenvalue weighted by Crippen LogP contribution is 2.22. The molecule has 2 rings (SSSR count). The van der Waals surface area contributed by atoms with Crippen LogP contribution in [0.3, 0.4) is 0 Å². The van der Waals surface area contributed by atoms with E-state index in [4.69, 9.17) is 10.8 Å². The van der Waals surface area contributed by atoms with Gasteiger partial charge in [0.2, 0.25) is 0 Å². The molecule has 0 fully saturated rings. The van der Waals surface area contributed by atoms with Gasteiger partial charge in [-0.15, -0.1) is 11.8 Å². The Hall–Kier alpha value is -1.31. The first-order chi connectivity index (χ1) is 12.2. The lowest BCUT2D eigenvalue weighted by Gasteiger charge is -2.04. The van der Waals surface area contributed by atoms with Gasteiger partial charge < -0.3 is 10.8 Å². The van der Waals surface area contributed by atoms with E-state index in [1.807, 2.05) is 53.9 Å². The molecule has 7 heteroatoms. The lowest BCUT2D eigenvalue weighted by molar-refractivity contribution is 0.281. The van der Waals surface area contributed by atoms with Crippen molar-refractivity contribution in [1.82, 2.24) is 15.0 Å². The molecule has 0 aliphatic rings. The molecule has 0 saturated carbocycles. The quantitative estimate of drug-likeness (QED) is 0.424. The molecule has 0 radical (unpaired) electrons. The zero-order valence-electron chi connectivity index (χ0n) is 16.4. The molecule has 0 spiro atoms. The van der Waals surface area contributed by atoms with Gasteiger partial charge in [-0.05, 0) is 24.0 Å². The minimum absolute atomic E-state index is 0.0194. The van der Waals surface area contributed by atoms with E-state index in [2.05, 4.69) is 15.0 Å². The van der Waals surface area contributed by atoms with Crippen LogP contribution in [0.2, 0.25) is 0 Å². The SMILES string of the molecule is CC.CC.CC.CSc1cc(N)nc(SCc2cc(CO)ccn2)n1. The van der Waals surface area contributed by atoms with E-state index >= 15 is 0 Å². The molecule has 2 heterocycles. The average Bonchev–Trinajstić information content (AvgIpc) is 2.70. The van der Waals surface area contributed by atoms with Crippen LogP contribution in [0.4, 0.5) is 5.82 Å². The molecular weight excluding hydrogens is 352 g/mol. The molecule has 2 aromatic heterocycles. The highest BCUT2D eigenvalue weighted by atomic mass is 32.2. The van der Waals surface area contributed by atoms with Gasteiger partial charge >= 0.3 is 0 Å². The van der Waals surface area contributed by atoms with Gasteiger partial charge in [0.15, 0.2) is 5.16 Å². The number of hydrogen-bond acceptors (Lipinski definition) is 7. The first-order valence-corrected chi connectivity index (χ1v) is 10.8. The first-order valence-electron chi connectivity index (χ1n) is 8.57. The standard InChI is InChI=1S/C12H14N4OS2.3C2H6/c1-18-11-5-10(13)15-12(16-11)19-7-9-4-8(6-17)2-3-14-9;3*1-2/h2-5,17H,6-7H2,1H3,(H2,13,15,16);3*1-2H3. The summed E-state index contributed by atoms with van der Waals surface area (Å²) in [5.74, 6) is 1.12. The van der Waals surface area contributed by atoms with Crippen LogP contribution in [0.5, 0.6) is 0 Å². The number of aliphatic hydroxyl groups excluding tert-OH is 1. The van der Waals surface area contributed by atoms with Crippen molar-refractivity contribution in [3.8, 4) is 0 Å². The molecule has 0 aromatic carbocycles. The molecule has 5 nitrogen and oxygen atoms in total. The number of thioether (sulfide) groups is 2. The Morgan fingerprint density at radius 3 is 2.24 bits per heavy atom. The Labute approximate surface area is 161 Å². The number of rotatable bonds is 5. The molecular formula is C18H32N4OS2. The molecule has 0 unspecified atom stereocenters. The Morgan fingerprint density at radius 1 is 1.04 bits per heavy atom. The number of aromatic nitrogens is 3. The van der Waals surface area contributed by atoms with Gasteiger partial charge in [0.25, 0.3) is 0 Å². The minimum atomic E-state index is 0.0194. The van der Waals surface area contributed by atoms with Crippen molar-refractivity contribution in [3.05, 3.63) is 35.7 Å². The summed E-state index contributed by atoms with van der Waals surface area (Å²) < 4.78 is 0. The van der Waals surface area contributed by atoms with Crippen LogP contribution < -0.4 is 5.73 Å². The number of nitrogens with two attached hydrogens (primary N) is 1. The summed E-state index contributed by atoms with van der Waals surface area (Å²) in [6.07, 6.45) is 3.64. The van der Waals surface area contributed by atoms with Crippen molar-refractivity contribution in [2.45, 2.75) is 64.1 Å². The largest absolute Gasteiger partial charge is 0.392 e. The number of nitrogen functional groups attached to an aromatic ring is 1. The zero-order valence-corrected chi connectivity index (χ0v) is 18.0. The van der Waals surface area contributed by atoms with Crippen molar-refractivity contribution in [3.63, 3.8) is 0 Å². The topological polar surface area (TPSA) is 84.9 Å². The fourth-order valence-electron chi connectivity index (χ4n) is 1.43. The van der Waals surface area contributed by atoms with E-state index in [0.29, 0.717) is 16.7 Å². The van der Waals surface area contributed by atoms with Crippen molar-refractivity contribution >= 4 is 29.3 Å². The maximum atomic E-state index is 9.07. The van der Waals surface area contributed by atoms with E-state index in [-0.39, 0.29) is 6.61 Å². The molecule has 2 aromatic rings. The molecule has 25 heavy (non-hydrogen) atoms. The van der Waals surface area contributed by atoms with E-state index < -0.39 is 0 Å². The Kier molecular flexibility index (Phi) is 18.2. The van der Waals surface area contributed by atoms with Crippen LogP contribution in [0.15, 0.2) is 34.6 Å². The van der Waals surface area contributed by atoms with Crippen LogP contribution >= 0.6 is 23.5 Å². The van der Waals surface area contributed by atoms with Crippen molar-refractivity contribution in [2.75, 3.05) is 12.0 Å². The number of aliphatic hydroxyl groups is 1. The molecule has 0 saturated heterocycles. The molecule has 0 amide bonds. The third-order valence-electron chi connectivity index (χ3n) is 2.32. The molecule has 0 atom stereocenters. The van der Waals surface area contributed by atoms with Crippen molar-refractivity contribution in [1.29, 1.82) is 0 Å². The third-order valence-corrected chi connectivity index (χ3v) is 3.83. The summed E-state index contributed by atoms with van der Waals surface area (Å²) in [7, 11) is 0. The van der Waals surface area contributed by atoms with Gasteiger partial charge in [0.05, 0.1) is 12.3 Å². The van der Waals surface area contributed by atoms with Gasteiger partial charge in [-0.1, -0.05) is 53.3 Å². The van der Waals surface area contributed by atoms with Crippen LogP contribution in [0, 0.1) is 0 Å². The second-order valence-electron chi connectivity index (χ2n) is 3.72. The summed E-state index contributed by atoms with van der Waals surface area (Å²) in [4.78, 5) is 12.8. The average molecular weight is 385 g/mol. The summed E-state index contributed by atoms with van der Waals surface area (Å²) in [5, 5.41) is 10.6. The monoisotopic (exact) mass is 384 g/mol. The van der Waals surface area contributed by atoms with Crippen LogP contribution in [-0.2, 0) is 12.4 Å². The number of pyridine rings is 1. The first kappa shape index (κ1) is 25.9. The van der Waals surface area contributed by atoms with Gasteiger partial charge in [-0.3, -0.25) is 4.98 Å². The van der Waals surface area contributed by atoms with Crippen molar-refractivity contribution in [2.24, 2.45) is 0 Å². The van der Waals surface area contributed by atoms with E-state index in [1.165, 1.54) is 23.5 Å². The Morgan fingerprint density at radius 2 is 1.68 bits per heavy atom. The number of anilines is 1. The highest BCUT2D eigenvalue weighted by Gasteiger charge is 2.04. The van der Waals surface area contributed by atoms with Crippen LogP contribution in [-0.4, -0.2) is 26.3 Å². The number of hydrogen-bond donors (Lipinski definition) is 2. The molecule has 0 aliphatic heterocycles. The van der Waals surface area contributed by atoms with E-state index in [9.17, 15) is 0 Å². The lowest BCUT2D eigenvalue weighted by Crippen LogP contribution is -1.97. The summed E-state index contributed by atoms with van der Waals surface area (Å²) in [6, 6.07) is 5.41. The third kappa shape index (κ3) is 11.0. The van der Waals surface area contributed by atoms with Gasteiger partial charge in [0, 0.05) is 18.0 Å². The molecule has 0 aliphatic carbocycles. The zero-order chi connectivity index (χ0) is 19.7. The Bertz CT molecular complexity index is 569. The number of nitrogens with zero attached hydrogens (tertiary/aromatic N) is 3. The predicted octanol–water partition coefficient (Wildman–Crippen LogP) is 5.04. The van der Waals surface area contributed by atoms with E-state index in [0.717, 1.165) is 16.3 Å². The fraction of sp³-hybridized carbons (Fsp3) is 0.500. The second kappa shape index (κ2) is 17.5. The van der Waals surface area contributed by atoms with Crippen LogP contribution in [0.1, 0.15) is 52.8 Å². The smallest absolute Gasteiger partial charge is 0.190 e. The molecule has 3 N–H and O–H groups in total. The maximum absolute atomic E-state index is 9.07. The summed E-state index contributed by atoms with van der Waals surface area (Å²) in [5.41, 5.74) is 7.46. The van der Waals surface area contributed by atoms with E-state index in [1.54, 1.807) is 18.3 Å². The summed E-state index contributed by atoms with van der Waals surface area (Å²) >= 11 is 3.01. The van der Waals surface area contributed by atoms with Gasteiger partial charge in [0.1, 0.15) is 10.8 Å². The highest BCUT2D eigenvalue weighted by molar-refractivity contribution is 7.99. The molecule has 142 valence electrons. The maximum Gasteiger partial charge on any atom is 0.190 e.